The van der Waals surface area contributed by atoms with Gasteiger partial charge < -0.3 is 16.6 Å². The van der Waals surface area contributed by atoms with Crippen molar-refractivity contribution in [2.75, 3.05) is 12.3 Å². The first kappa shape index (κ1) is 16.2. The quantitative estimate of drug-likeness (QED) is 0.331. The number of amidine groups is 1. The van der Waals surface area contributed by atoms with E-state index < -0.39 is 12.0 Å². The van der Waals surface area contributed by atoms with E-state index in [1.165, 1.54) is 12.8 Å². The van der Waals surface area contributed by atoms with Crippen molar-refractivity contribution in [3.8, 4) is 0 Å². The zero-order valence-corrected chi connectivity index (χ0v) is 11.2. The fraction of sp³-hybridized carbons (Fsp3) is 0.818. The third-order valence-corrected chi connectivity index (χ3v) is 3.17. The lowest BCUT2D eigenvalue weighted by atomic mass is 10.2. The van der Waals surface area contributed by atoms with E-state index in [9.17, 15) is 4.79 Å². The van der Waals surface area contributed by atoms with Gasteiger partial charge in [-0.25, -0.2) is 0 Å². The van der Waals surface area contributed by atoms with E-state index in [4.69, 9.17) is 16.6 Å². The van der Waals surface area contributed by atoms with Crippen molar-refractivity contribution in [1.29, 1.82) is 0 Å². The molecule has 0 rings (SSSR count). The van der Waals surface area contributed by atoms with Crippen LogP contribution in [0.3, 0.4) is 0 Å². The maximum absolute atomic E-state index is 10.4. The summed E-state index contributed by atoms with van der Waals surface area (Å²) in [7, 11) is 0. The van der Waals surface area contributed by atoms with Crippen molar-refractivity contribution >= 4 is 22.9 Å². The standard InChI is InChI=1S/C11H23N3O2S/c1-2-3-4-8-17-11(13)14-7-5-6-9(12)10(15)16/h9H,2-8,12H2,1H3,(H2,13,14)(H,15,16)/t9-/m0/s1. The van der Waals surface area contributed by atoms with Crippen LogP contribution in [-0.4, -0.2) is 34.6 Å². The maximum Gasteiger partial charge on any atom is 0.320 e. The highest BCUT2D eigenvalue weighted by Crippen LogP contribution is 2.06. The molecule has 0 heterocycles. The Hall–Kier alpha value is -0.750. The topological polar surface area (TPSA) is 102 Å². The number of nitrogens with two attached hydrogens (primary N) is 2. The summed E-state index contributed by atoms with van der Waals surface area (Å²) >= 11 is 1.56. The zero-order valence-electron chi connectivity index (χ0n) is 10.4. The minimum atomic E-state index is -0.962. The molecule has 0 amide bonds. The molecule has 0 aliphatic rings. The van der Waals surface area contributed by atoms with E-state index in [0.717, 1.165) is 12.2 Å². The smallest absolute Gasteiger partial charge is 0.320 e. The molecule has 0 fully saturated rings. The Morgan fingerprint density at radius 1 is 1.41 bits per heavy atom. The van der Waals surface area contributed by atoms with Gasteiger partial charge in [0.15, 0.2) is 5.17 Å². The van der Waals surface area contributed by atoms with Crippen LogP contribution in [0, 0.1) is 0 Å². The molecule has 0 bridgehead atoms. The minimum Gasteiger partial charge on any atom is -0.480 e. The average Bonchev–Trinajstić information content (AvgIpc) is 2.29. The molecular weight excluding hydrogens is 238 g/mol. The Labute approximate surface area is 107 Å². The second kappa shape index (κ2) is 10.4. The average molecular weight is 261 g/mol. The molecule has 0 unspecified atom stereocenters. The number of carboxylic acids is 1. The summed E-state index contributed by atoms with van der Waals surface area (Å²) in [6.07, 6.45) is 4.66. The van der Waals surface area contributed by atoms with Crippen LogP contribution in [0.1, 0.15) is 39.0 Å². The van der Waals surface area contributed by atoms with Crippen LogP contribution >= 0.6 is 11.8 Å². The summed E-state index contributed by atoms with van der Waals surface area (Å²) in [4.78, 5) is 14.6. The molecule has 100 valence electrons. The number of carboxylic acid groups (broad SMARTS) is 1. The van der Waals surface area contributed by atoms with Crippen LogP contribution in [0.5, 0.6) is 0 Å². The van der Waals surface area contributed by atoms with Gasteiger partial charge in [-0.2, -0.15) is 0 Å². The van der Waals surface area contributed by atoms with Gasteiger partial charge in [0.05, 0.1) is 0 Å². The van der Waals surface area contributed by atoms with E-state index in [1.54, 1.807) is 11.8 Å². The van der Waals surface area contributed by atoms with Crippen molar-refractivity contribution in [2.45, 2.75) is 45.1 Å². The number of unbranched alkanes of at least 4 members (excludes halogenated alkanes) is 2. The first-order valence-corrected chi connectivity index (χ1v) is 6.97. The van der Waals surface area contributed by atoms with Gasteiger partial charge in [-0.1, -0.05) is 31.5 Å². The van der Waals surface area contributed by atoms with E-state index in [-0.39, 0.29) is 0 Å². The Bertz CT molecular complexity index is 247. The lowest BCUT2D eigenvalue weighted by Crippen LogP contribution is -2.30. The van der Waals surface area contributed by atoms with Gasteiger partial charge in [-0.15, -0.1) is 0 Å². The number of aliphatic carboxylic acids is 1. The normalized spacial score (nSPS) is 13.6. The summed E-state index contributed by atoms with van der Waals surface area (Å²) in [6, 6.07) is -0.788. The minimum absolute atomic E-state index is 0.437. The molecule has 17 heavy (non-hydrogen) atoms. The number of carbonyl (C=O) groups is 1. The van der Waals surface area contributed by atoms with Gasteiger partial charge in [-0.05, 0) is 19.3 Å². The Morgan fingerprint density at radius 3 is 2.71 bits per heavy atom. The van der Waals surface area contributed by atoms with Crippen LogP contribution in [0.15, 0.2) is 4.99 Å². The molecule has 5 nitrogen and oxygen atoms in total. The Morgan fingerprint density at radius 2 is 2.12 bits per heavy atom. The number of hydrogen-bond donors (Lipinski definition) is 3. The number of nitrogens with zero attached hydrogens (tertiary/aromatic N) is 1. The van der Waals surface area contributed by atoms with Crippen molar-refractivity contribution in [2.24, 2.45) is 16.5 Å². The highest BCUT2D eigenvalue weighted by atomic mass is 32.2. The van der Waals surface area contributed by atoms with Gasteiger partial charge in [-0.3, -0.25) is 9.79 Å². The molecular formula is C11H23N3O2S. The highest BCUT2D eigenvalue weighted by molar-refractivity contribution is 8.13. The zero-order chi connectivity index (χ0) is 13.1. The summed E-state index contributed by atoms with van der Waals surface area (Å²) in [5.41, 5.74) is 11.1. The van der Waals surface area contributed by atoms with E-state index in [2.05, 4.69) is 11.9 Å². The van der Waals surface area contributed by atoms with E-state index >= 15 is 0 Å². The summed E-state index contributed by atoms with van der Waals surface area (Å²) in [5, 5.41) is 9.16. The molecule has 0 spiro atoms. The number of aliphatic imine (C=N–C) groups is 1. The molecule has 6 heteroatoms. The highest BCUT2D eigenvalue weighted by Gasteiger charge is 2.09. The molecule has 0 aliphatic heterocycles. The Balaban J connectivity index is 3.52. The van der Waals surface area contributed by atoms with Crippen LogP contribution in [-0.2, 0) is 4.79 Å². The molecule has 0 aromatic carbocycles. The van der Waals surface area contributed by atoms with Gasteiger partial charge >= 0.3 is 5.97 Å². The van der Waals surface area contributed by atoms with Crippen molar-refractivity contribution in [1.82, 2.24) is 0 Å². The first-order valence-electron chi connectivity index (χ1n) is 5.99. The lowest BCUT2D eigenvalue weighted by Gasteiger charge is -2.04. The van der Waals surface area contributed by atoms with Crippen LogP contribution in [0.4, 0.5) is 0 Å². The molecule has 0 aromatic rings. The predicted octanol–water partition coefficient (Wildman–Crippen LogP) is 1.42. The van der Waals surface area contributed by atoms with Gasteiger partial charge in [0.25, 0.3) is 0 Å². The number of hydrogen-bond acceptors (Lipinski definition) is 4. The third-order valence-electron chi connectivity index (χ3n) is 2.26. The number of rotatable bonds is 9. The molecule has 0 saturated carbocycles. The summed E-state index contributed by atoms with van der Waals surface area (Å²) < 4.78 is 0. The fourth-order valence-electron chi connectivity index (χ4n) is 1.20. The van der Waals surface area contributed by atoms with Crippen molar-refractivity contribution in [3.05, 3.63) is 0 Å². The maximum atomic E-state index is 10.4. The lowest BCUT2D eigenvalue weighted by molar-refractivity contribution is -0.138. The fourth-order valence-corrected chi connectivity index (χ4v) is 1.94. The van der Waals surface area contributed by atoms with E-state index in [1.807, 2.05) is 0 Å². The first-order chi connectivity index (χ1) is 8.07. The van der Waals surface area contributed by atoms with E-state index in [0.29, 0.717) is 24.6 Å². The second-order valence-corrected chi connectivity index (χ2v) is 4.98. The van der Waals surface area contributed by atoms with Crippen LogP contribution in [0.25, 0.3) is 0 Å². The molecule has 0 radical (unpaired) electrons. The molecule has 1 atom stereocenters. The molecule has 0 saturated heterocycles. The monoisotopic (exact) mass is 261 g/mol. The van der Waals surface area contributed by atoms with Crippen molar-refractivity contribution < 1.29 is 9.90 Å². The summed E-state index contributed by atoms with van der Waals surface area (Å²) in [5.74, 6) is 0.0357. The molecule has 5 N–H and O–H groups in total. The molecule has 0 aliphatic carbocycles. The largest absolute Gasteiger partial charge is 0.480 e. The SMILES string of the molecule is CCCCCSC(N)=NCCC[C@H](N)C(=O)O. The third kappa shape index (κ3) is 10.1. The van der Waals surface area contributed by atoms with Crippen LogP contribution in [0.2, 0.25) is 0 Å². The second-order valence-electron chi connectivity index (χ2n) is 3.86. The predicted molar refractivity (Wildman–Crippen MR) is 73.3 cm³/mol. The van der Waals surface area contributed by atoms with Gasteiger partial charge in [0, 0.05) is 12.3 Å². The van der Waals surface area contributed by atoms with Crippen LogP contribution < -0.4 is 11.5 Å². The number of thioether (sulfide) groups is 1. The Kier molecular flexibility index (Phi) is 9.95. The molecule has 0 aromatic heterocycles. The summed E-state index contributed by atoms with van der Waals surface area (Å²) in [6.45, 7) is 2.71. The van der Waals surface area contributed by atoms with Gasteiger partial charge in [0.1, 0.15) is 6.04 Å². The van der Waals surface area contributed by atoms with Crippen molar-refractivity contribution in [3.63, 3.8) is 0 Å². The van der Waals surface area contributed by atoms with Gasteiger partial charge in [0.2, 0.25) is 0 Å².